The highest BCUT2D eigenvalue weighted by atomic mass is 32.2. The van der Waals surface area contributed by atoms with Crippen molar-refractivity contribution in [3.8, 4) is 11.1 Å². The molecule has 9 aromatic rings. The Kier molecular flexibility index (Phi) is 9.28. The van der Waals surface area contributed by atoms with Gasteiger partial charge in [0.1, 0.15) is 0 Å². The molecular formula is C63H48N2S. The number of benzene rings is 9. The first-order valence-electron chi connectivity index (χ1n) is 23.5. The van der Waals surface area contributed by atoms with Crippen molar-refractivity contribution in [2.45, 2.75) is 41.4 Å². The van der Waals surface area contributed by atoms with E-state index in [0.29, 0.717) is 5.92 Å². The number of hydrogen-bond donors (Lipinski definition) is 0. The monoisotopic (exact) mass is 864 g/mol. The second-order valence-corrected chi connectivity index (χ2v) is 19.4. The summed E-state index contributed by atoms with van der Waals surface area (Å²) in [6.45, 7) is 3.38. The Morgan fingerprint density at radius 1 is 0.576 bits per heavy atom. The smallest absolute Gasteiger partial charge is 0.0677 e. The molecule has 0 aromatic heterocycles. The van der Waals surface area contributed by atoms with Gasteiger partial charge < -0.3 is 9.80 Å². The largest absolute Gasteiger partial charge is 0.341 e. The van der Waals surface area contributed by atoms with Gasteiger partial charge in [-0.25, -0.2) is 0 Å². The van der Waals surface area contributed by atoms with Crippen LogP contribution in [-0.2, 0) is 11.8 Å². The summed E-state index contributed by atoms with van der Waals surface area (Å²) in [5.41, 5.74) is 17.8. The van der Waals surface area contributed by atoms with E-state index >= 15 is 0 Å². The number of fused-ring (bicyclic) bond motifs is 8. The number of anilines is 5. The molecule has 316 valence electrons. The van der Waals surface area contributed by atoms with Crippen molar-refractivity contribution in [3.05, 3.63) is 245 Å². The zero-order valence-corrected chi connectivity index (χ0v) is 37.8. The summed E-state index contributed by atoms with van der Waals surface area (Å²) < 4.78 is 0. The summed E-state index contributed by atoms with van der Waals surface area (Å²) in [5.74, 6) is 0.438. The van der Waals surface area contributed by atoms with Gasteiger partial charge in [0, 0.05) is 38.5 Å². The van der Waals surface area contributed by atoms with Gasteiger partial charge in [0.15, 0.2) is 0 Å². The van der Waals surface area contributed by atoms with E-state index < -0.39 is 5.41 Å². The molecule has 2 heterocycles. The van der Waals surface area contributed by atoms with Crippen LogP contribution in [0.3, 0.4) is 0 Å². The molecule has 66 heavy (non-hydrogen) atoms. The molecule has 2 nitrogen and oxygen atoms in total. The van der Waals surface area contributed by atoms with E-state index in [4.69, 9.17) is 0 Å². The fourth-order valence-corrected chi connectivity index (χ4v) is 12.8. The van der Waals surface area contributed by atoms with E-state index in [0.717, 1.165) is 25.8 Å². The third-order valence-electron chi connectivity index (χ3n) is 14.6. The molecule has 9 aromatic carbocycles. The van der Waals surface area contributed by atoms with Crippen LogP contribution in [0, 0.1) is 5.92 Å². The highest BCUT2D eigenvalue weighted by Crippen LogP contribution is 2.60. The Morgan fingerprint density at radius 2 is 1.18 bits per heavy atom. The Bertz CT molecular complexity index is 3400. The van der Waals surface area contributed by atoms with Crippen molar-refractivity contribution >= 4 is 73.9 Å². The zero-order valence-electron chi connectivity index (χ0n) is 37.0. The third-order valence-corrected chi connectivity index (χ3v) is 15.7. The Labute approximate surface area is 391 Å². The highest BCUT2D eigenvalue weighted by Gasteiger charge is 2.48. The Morgan fingerprint density at radius 3 is 1.89 bits per heavy atom. The van der Waals surface area contributed by atoms with Crippen LogP contribution < -0.4 is 9.80 Å². The normalized spacial score (nSPS) is 18.2. The van der Waals surface area contributed by atoms with Crippen LogP contribution in [0.5, 0.6) is 0 Å². The van der Waals surface area contributed by atoms with E-state index in [1.54, 1.807) is 0 Å². The maximum atomic E-state index is 2.56. The van der Waals surface area contributed by atoms with E-state index in [-0.39, 0.29) is 0 Å². The Hall–Kier alpha value is -7.33. The van der Waals surface area contributed by atoms with Crippen LogP contribution in [0.25, 0.3) is 44.8 Å². The van der Waals surface area contributed by atoms with Gasteiger partial charge >= 0.3 is 0 Å². The molecule has 4 aliphatic rings. The summed E-state index contributed by atoms with van der Waals surface area (Å²) in [7, 11) is 0. The molecular weight excluding hydrogens is 817 g/mol. The predicted molar refractivity (Wildman–Crippen MR) is 280 cm³/mol. The molecule has 0 radical (unpaired) electrons. The first-order valence-corrected chi connectivity index (χ1v) is 24.3. The van der Waals surface area contributed by atoms with Crippen LogP contribution in [0.2, 0.25) is 0 Å². The molecule has 2 atom stereocenters. The van der Waals surface area contributed by atoms with Gasteiger partial charge in [-0.15, -0.1) is 0 Å². The van der Waals surface area contributed by atoms with Gasteiger partial charge in [-0.2, -0.15) is 0 Å². The van der Waals surface area contributed by atoms with Gasteiger partial charge in [-0.1, -0.05) is 194 Å². The molecule has 0 saturated carbocycles. The quantitative estimate of drug-likeness (QED) is 0.121. The SMILES string of the molecule is CC1C=CC=C(C2(c3ccccc3)c3cc(/C=C/c4c5ccccc5c(N5c6ccccc6Sc6ccccc65)c5ccccc45)ccc3-c3ccc(N4CCCc5ccccc54)cc32)C1. The molecule has 0 amide bonds. The highest BCUT2D eigenvalue weighted by molar-refractivity contribution is 7.99. The number of allylic oxidation sites excluding steroid dienone is 4. The number of hydrogen-bond acceptors (Lipinski definition) is 3. The fraction of sp³-hybridized carbons (Fsp3) is 0.111. The standard InChI is InChI=1S/C63H48N2S/c1-42-17-15-22-46(39-42)63(45-20-3-2-4-21-45)55-40-43(33-36-51(55)52-37-34-47(41-56(52)63)64-38-16-19-44-18-5-10-27-57(44)64)32-35-50-48-23-6-8-25-53(48)62(54-26-9-7-24-49(50)54)65-58-28-11-13-30-60(58)66-61-31-14-12-29-59(61)65/h2-15,17-18,20-37,40-42H,16,19,38-39H2,1H3/b35-32+. The third kappa shape index (κ3) is 6.03. The summed E-state index contributed by atoms with van der Waals surface area (Å²) in [5, 5.41) is 4.95. The van der Waals surface area contributed by atoms with E-state index in [1.165, 1.54) is 110 Å². The summed E-state index contributed by atoms with van der Waals surface area (Å²) in [6, 6.07) is 70.6. The molecule has 2 aliphatic heterocycles. The topological polar surface area (TPSA) is 6.48 Å². The van der Waals surface area contributed by atoms with Crippen LogP contribution in [0.1, 0.15) is 53.1 Å². The van der Waals surface area contributed by atoms with Crippen LogP contribution in [0.4, 0.5) is 28.4 Å². The van der Waals surface area contributed by atoms with Crippen LogP contribution >= 0.6 is 11.8 Å². The minimum absolute atomic E-state index is 0.438. The van der Waals surface area contributed by atoms with Crippen molar-refractivity contribution in [2.24, 2.45) is 5.92 Å². The minimum atomic E-state index is -0.458. The lowest BCUT2D eigenvalue weighted by atomic mass is 9.64. The van der Waals surface area contributed by atoms with Gasteiger partial charge in [-0.05, 0) is 129 Å². The van der Waals surface area contributed by atoms with Crippen LogP contribution in [-0.4, -0.2) is 6.54 Å². The van der Waals surface area contributed by atoms with Crippen LogP contribution in [0.15, 0.2) is 222 Å². The molecule has 0 bridgehead atoms. The second-order valence-electron chi connectivity index (χ2n) is 18.4. The maximum absolute atomic E-state index is 2.56. The molecule has 2 aliphatic carbocycles. The molecule has 0 fully saturated rings. The van der Waals surface area contributed by atoms with Crippen molar-refractivity contribution in [1.82, 2.24) is 0 Å². The van der Waals surface area contributed by atoms with Gasteiger partial charge in [0.05, 0.1) is 22.5 Å². The van der Waals surface area contributed by atoms with Crippen molar-refractivity contribution in [3.63, 3.8) is 0 Å². The lowest BCUT2D eigenvalue weighted by molar-refractivity contribution is 0.615. The molecule has 0 saturated heterocycles. The summed E-state index contributed by atoms with van der Waals surface area (Å²) >= 11 is 1.86. The fourth-order valence-electron chi connectivity index (χ4n) is 11.7. The maximum Gasteiger partial charge on any atom is 0.0677 e. The number of rotatable bonds is 6. The zero-order chi connectivity index (χ0) is 43.8. The minimum Gasteiger partial charge on any atom is -0.341 e. The number of nitrogens with zero attached hydrogens (tertiary/aromatic N) is 2. The number of aryl methyl sites for hydroxylation is 1. The average Bonchev–Trinajstić information content (AvgIpc) is 3.66. The van der Waals surface area contributed by atoms with E-state index in [1.807, 2.05) is 11.8 Å². The molecule has 3 heteroatoms. The van der Waals surface area contributed by atoms with Crippen molar-refractivity contribution < 1.29 is 0 Å². The molecule has 0 N–H and O–H groups in total. The average molecular weight is 865 g/mol. The second kappa shape index (κ2) is 15.7. The van der Waals surface area contributed by atoms with Gasteiger partial charge in [0.2, 0.25) is 0 Å². The van der Waals surface area contributed by atoms with Crippen molar-refractivity contribution in [1.29, 1.82) is 0 Å². The van der Waals surface area contributed by atoms with E-state index in [2.05, 4.69) is 235 Å². The van der Waals surface area contributed by atoms with Gasteiger partial charge in [-0.3, -0.25) is 0 Å². The predicted octanol–water partition coefficient (Wildman–Crippen LogP) is 17.0. The summed E-state index contributed by atoms with van der Waals surface area (Å²) in [4.78, 5) is 7.60. The molecule has 13 rings (SSSR count). The van der Waals surface area contributed by atoms with E-state index in [9.17, 15) is 0 Å². The molecule has 0 spiro atoms. The van der Waals surface area contributed by atoms with Gasteiger partial charge in [0.25, 0.3) is 0 Å². The lowest BCUT2D eigenvalue weighted by Crippen LogP contribution is -2.32. The number of para-hydroxylation sites is 3. The first-order chi connectivity index (χ1) is 32.6. The first kappa shape index (κ1) is 39.1. The van der Waals surface area contributed by atoms with Crippen molar-refractivity contribution in [2.75, 3.05) is 16.3 Å². The molecule has 2 unspecified atom stereocenters. The summed E-state index contributed by atoms with van der Waals surface area (Å²) in [6.07, 6.45) is 15.1. The lowest BCUT2D eigenvalue weighted by Gasteiger charge is -2.38. The Balaban J connectivity index is 0.997.